The van der Waals surface area contributed by atoms with Gasteiger partial charge in [-0.3, -0.25) is 9.59 Å². The van der Waals surface area contributed by atoms with Gasteiger partial charge in [-0.15, -0.1) is 0 Å². The SMILES string of the molecule is CCCSCCCNC(=O)C[C@H]1C(=O)N(Cc2ccccc2)[C@H](C)c2nc3ccccc3n21. The van der Waals surface area contributed by atoms with Crippen molar-refractivity contribution in [3.63, 3.8) is 0 Å². The molecule has 0 unspecified atom stereocenters. The summed E-state index contributed by atoms with van der Waals surface area (Å²) in [6.45, 7) is 5.32. The number of aromatic nitrogens is 2. The van der Waals surface area contributed by atoms with E-state index < -0.39 is 6.04 Å². The van der Waals surface area contributed by atoms with Gasteiger partial charge in [-0.05, 0) is 49.0 Å². The molecule has 2 amide bonds. The average Bonchev–Trinajstić information content (AvgIpc) is 3.22. The van der Waals surface area contributed by atoms with Crippen molar-refractivity contribution in [3.8, 4) is 0 Å². The lowest BCUT2D eigenvalue weighted by Crippen LogP contribution is -2.46. The second kappa shape index (κ2) is 10.9. The molecule has 33 heavy (non-hydrogen) atoms. The largest absolute Gasteiger partial charge is 0.356 e. The van der Waals surface area contributed by atoms with Gasteiger partial charge in [-0.2, -0.15) is 11.8 Å². The standard InChI is InChI=1S/C26H32N4O2S/c1-3-15-33-16-9-14-27-24(31)17-23-26(32)29(18-20-10-5-4-6-11-20)19(2)25-28-21-12-7-8-13-22(21)30(23)25/h4-8,10-13,19,23H,3,9,14-18H2,1-2H3,(H,27,31)/t19-,23+/m1/s1. The quantitative estimate of drug-likeness (QED) is 0.441. The van der Waals surface area contributed by atoms with Crippen molar-refractivity contribution in [2.24, 2.45) is 0 Å². The van der Waals surface area contributed by atoms with E-state index in [2.05, 4.69) is 12.2 Å². The maximum Gasteiger partial charge on any atom is 0.247 e. The van der Waals surface area contributed by atoms with E-state index in [9.17, 15) is 9.59 Å². The highest BCUT2D eigenvalue weighted by Crippen LogP contribution is 2.37. The Morgan fingerprint density at radius 2 is 1.85 bits per heavy atom. The van der Waals surface area contributed by atoms with Gasteiger partial charge >= 0.3 is 0 Å². The molecule has 0 saturated heterocycles. The third-order valence-electron chi connectivity index (χ3n) is 6.05. The van der Waals surface area contributed by atoms with Crippen LogP contribution in [-0.2, 0) is 16.1 Å². The Hall–Kier alpha value is -2.80. The first-order chi connectivity index (χ1) is 16.1. The van der Waals surface area contributed by atoms with Crippen LogP contribution in [0, 0.1) is 0 Å². The van der Waals surface area contributed by atoms with Gasteiger partial charge in [-0.1, -0.05) is 49.4 Å². The van der Waals surface area contributed by atoms with Gasteiger partial charge in [0.15, 0.2) is 0 Å². The van der Waals surface area contributed by atoms with E-state index >= 15 is 0 Å². The molecule has 1 N–H and O–H groups in total. The third-order valence-corrected chi connectivity index (χ3v) is 7.33. The number of fused-ring (bicyclic) bond motifs is 3. The highest BCUT2D eigenvalue weighted by molar-refractivity contribution is 7.99. The van der Waals surface area contributed by atoms with E-state index in [1.807, 2.05) is 82.7 Å². The Kier molecular flexibility index (Phi) is 7.70. The Bertz CT molecular complexity index is 1100. The lowest BCUT2D eigenvalue weighted by molar-refractivity contribution is -0.142. The second-order valence-electron chi connectivity index (χ2n) is 8.49. The summed E-state index contributed by atoms with van der Waals surface area (Å²) in [7, 11) is 0. The Morgan fingerprint density at radius 3 is 2.64 bits per heavy atom. The highest BCUT2D eigenvalue weighted by atomic mass is 32.2. The summed E-state index contributed by atoms with van der Waals surface area (Å²) in [5.74, 6) is 2.90. The number of carbonyl (C=O) groups is 2. The van der Waals surface area contributed by atoms with Gasteiger partial charge in [-0.25, -0.2) is 4.98 Å². The zero-order valence-corrected chi connectivity index (χ0v) is 20.2. The van der Waals surface area contributed by atoms with Gasteiger partial charge in [0.05, 0.1) is 23.5 Å². The van der Waals surface area contributed by atoms with E-state index in [1.165, 1.54) is 6.42 Å². The predicted octanol–water partition coefficient (Wildman–Crippen LogP) is 4.72. The normalized spacial score (nSPS) is 17.9. The summed E-state index contributed by atoms with van der Waals surface area (Å²) < 4.78 is 1.99. The fraction of sp³-hybridized carbons (Fsp3) is 0.423. The van der Waals surface area contributed by atoms with E-state index in [0.717, 1.165) is 40.3 Å². The van der Waals surface area contributed by atoms with Crippen LogP contribution >= 0.6 is 11.8 Å². The Labute approximate surface area is 199 Å². The number of rotatable bonds is 10. The molecule has 0 saturated carbocycles. The molecule has 1 aliphatic heterocycles. The molecule has 1 aliphatic rings. The topological polar surface area (TPSA) is 67.2 Å². The molecule has 2 heterocycles. The Morgan fingerprint density at radius 1 is 1.09 bits per heavy atom. The predicted molar refractivity (Wildman–Crippen MR) is 134 cm³/mol. The summed E-state index contributed by atoms with van der Waals surface area (Å²) in [5.41, 5.74) is 2.82. The van der Waals surface area contributed by atoms with E-state index in [0.29, 0.717) is 13.1 Å². The highest BCUT2D eigenvalue weighted by Gasteiger charge is 2.40. The molecule has 3 aromatic rings. The van der Waals surface area contributed by atoms with E-state index in [-0.39, 0.29) is 24.3 Å². The van der Waals surface area contributed by atoms with Crippen molar-refractivity contribution in [2.75, 3.05) is 18.1 Å². The zero-order chi connectivity index (χ0) is 23.2. The van der Waals surface area contributed by atoms with Gasteiger partial charge in [0.25, 0.3) is 0 Å². The minimum absolute atomic E-state index is 0.0318. The molecular weight excluding hydrogens is 432 g/mol. The van der Waals surface area contributed by atoms with Crippen LogP contribution in [0.25, 0.3) is 11.0 Å². The number of benzene rings is 2. The minimum atomic E-state index is -0.596. The number of para-hydroxylation sites is 2. The summed E-state index contributed by atoms with van der Waals surface area (Å²) in [6, 6.07) is 17.0. The second-order valence-corrected chi connectivity index (χ2v) is 9.72. The first kappa shape index (κ1) is 23.4. The van der Waals surface area contributed by atoms with E-state index in [1.54, 1.807) is 0 Å². The molecule has 0 bridgehead atoms. The molecule has 0 aliphatic carbocycles. The fourth-order valence-electron chi connectivity index (χ4n) is 4.39. The molecule has 4 rings (SSSR count). The fourth-order valence-corrected chi connectivity index (χ4v) is 5.23. The third kappa shape index (κ3) is 5.24. The summed E-state index contributed by atoms with van der Waals surface area (Å²) >= 11 is 1.91. The van der Waals surface area contributed by atoms with Gasteiger partial charge in [0, 0.05) is 13.1 Å². The molecule has 1 aromatic heterocycles. The monoisotopic (exact) mass is 464 g/mol. The summed E-state index contributed by atoms with van der Waals surface area (Å²) in [5, 5.41) is 3.02. The average molecular weight is 465 g/mol. The van der Waals surface area contributed by atoms with Crippen LogP contribution in [-0.4, -0.2) is 44.3 Å². The molecule has 7 heteroatoms. The van der Waals surface area contributed by atoms with Crippen LogP contribution in [0.1, 0.15) is 56.6 Å². The Balaban J connectivity index is 1.56. The van der Waals surface area contributed by atoms with Gasteiger partial charge in [0.1, 0.15) is 11.9 Å². The maximum absolute atomic E-state index is 13.7. The van der Waals surface area contributed by atoms with Crippen LogP contribution < -0.4 is 5.32 Å². The van der Waals surface area contributed by atoms with Crippen LogP contribution in [0.3, 0.4) is 0 Å². The number of nitrogens with zero attached hydrogens (tertiary/aromatic N) is 3. The molecule has 0 spiro atoms. The lowest BCUT2D eigenvalue weighted by atomic mass is 10.0. The summed E-state index contributed by atoms with van der Waals surface area (Å²) in [4.78, 5) is 33.3. The number of carbonyl (C=O) groups excluding carboxylic acids is 2. The zero-order valence-electron chi connectivity index (χ0n) is 19.4. The molecular formula is C26H32N4O2S. The van der Waals surface area contributed by atoms with Crippen LogP contribution in [0.15, 0.2) is 54.6 Å². The number of amides is 2. The van der Waals surface area contributed by atoms with Gasteiger partial charge < -0.3 is 14.8 Å². The molecule has 6 nitrogen and oxygen atoms in total. The molecule has 174 valence electrons. The van der Waals surface area contributed by atoms with Crippen molar-refractivity contribution < 1.29 is 9.59 Å². The first-order valence-electron chi connectivity index (χ1n) is 11.8. The van der Waals surface area contributed by atoms with Crippen LogP contribution in [0.5, 0.6) is 0 Å². The van der Waals surface area contributed by atoms with Crippen molar-refractivity contribution in [1.82, 2.24) is 19.8 Å². The van der Waals surface area contributed by atoms with Crippen LogP contribution in [0.4, 0.5) is 0 Å². The number of hydrogen-bond acceptors (Lipinski definition) is 4. The van der Waals surface area contributed by atoms with Crippen molar-refractivity contribution in [2.45, 2.75) is 51.7 Å². The molecule has 0 fully saturated rings. The van der Waals surface area contributed by atoms with Crippen molar-refractivity contribution in [3.05, 3.63) is 66.0 Å². The number of hydrogen-bond donors (Lipinski definition) is 1. The first-order valence-corrected chi connectivity index (χ1v) is 12.9. The number of thioether (sulfide) groups is 1. The number of imidazole rings is 1. The summed E-state index contributed by atoms with van der Waals surface area (Å²) in [6.07, 6.45) is 2.22. The lowest BCUT2D eigenvalue weighted by Gasteiger charge is -2.38. The van der Waals surface area contributed by atoms with Gasteiger partial charge in [0.2, 0.25) is 11.8 Å². The maximum atomic E-state index is 13.7. The molecule has 2 atom stereocenters. The van der Waals surface area contributed by atoms with Crippen LogP contribution in [0.2, 0.25) is 0 Å². The smallest absolute Gasteiger partial charge is 0.247 e. The van der Waals surface area contributed by atoms with Crippen molar-refractivity contribution >= 4 is 34.6 Å². The number of nitrogens with one attached hydrogen (secondary N) is 1. The molecule has 0 radical (unpaired) electrons. The van der Waals surface area contributed by atoms with E-state index in [4.69, 9.17) is 4.98 Å². The minimum Gasteiger partial charge on any atom is -0.356 e. The van der Waals surface area contributed by atoms with Crippen molar-refractivity contribution in [1.29, 1.82) is 0 Å². The molecule has 2 aromatic carbocycles.